The quantitative estimate of drug-likeness (QED) is 0.576. The fraction of sp³-hybridized carbons (Fsp3) is 0.625. The van der Waals surface area contributed by atoms with Crippen molar-refractivity contribution in [1.29, 1.82) is 0 Å². The van der Waals surface area contributed by atoms with Crippen molar-refractivity contribution in [3.05, 3.63) is 17.2 Å². The van der Waals surface area contributed by atoms with Crippen molar-refractivity contribution < 1.29 is 9.67 Å². The molecule has 11 heavy (non-hydrogen) atoms. The van der Waals surface area contributed by atoms with E-state index < -0.39 is 0 Å². The Kier molecular flexibility index (Phi) is 2.00. The molecule has 1 aromatic rings. The minimum Gasteiger partial charge on any atom is -0.358 e. The van der Waals surface area contributed by atoms with Gasteiger partial charge in [-0.2, -0.15) is 0 Å². The average Bonchev–Trinajstić information content (AvgIpc) is 2.17. The minimum atomic E-state index is 0.0688. The van der Waals surface area contributed by atoms with E-state index in [1.165, 1.54) is 5.69 Å². The summed E-state index contributed by atoms with van der Waals surface area (Å²) in [6, 6.07) is 0. The third-order valence-corrected chi connectivity index (χ3v) is 2.45. The lowest BCUT2D eigenvalue weighted by atomic mass is 10.4. The lowest BCUT2D eigenvalue weighted by Gasteiger charge is -1.92. The SMILES string of the molecule is Cc1c(C)[n+](C)c(C)n1CO. The summed E-state index contributed by atoms with van der Waals surface area (Å²) in [6.45, 7) is 6.13. The van der Waals surface area contributed by atoms with Crippen LogP contribution in [0.5, 0.6) is 0 Å². The van der Waals surface area contributed by atoms with Gasteiger partial charge in [-0.3, -0.25) is 0 Å². The molecule has 0 bridgehead atoms. The molecule has 62 valence electrons. The van der Waals surface area contributed by atoms with E-state index in [9.17, 15) is 0 Å². The summed E-state index contributed by atoms with van der Waals surface area (Å²) in [7, 11) is 2.00. The maximum absolute atomic E-state index is 8.99. The molecule has 0 amide bonds. The predicted octanol–water partition coefficient (Wildman–Crippen LogP) is 0.188. The Bertz CT molecular complexity index is 251. The van der Waals surface area contributed by atoms with Crippen molar-refractivity contribution >= 4 is 0 Å². The van der Waals surface area contributed by atoms with Gasteiger partial charge in [-0.25, -0.2) is 9.13 Å². The molecule has 1 aromatic heterocycles. The van der Waals surface area contributed by atoms with E-state index in [1.54, 1.807) is 0 Å². The third kappa shape index (κ3) is 1.05. The minimum absolute atomic E-state index is 0.0688. The Morgan fingerprint density at radius 1 is 1.36 bits per heavy atom. The number of hydrogen-bond donors (Lipinski definition) is 1. The normalized spacial score (nSPS) is 10.6. The summed E-state index contributed by atoms with van der Waals surface area (Å²) in [4.78, 5) is 0. The first-order valence-electron chi connectivity index (χ1n) is 3.72. The Hall–Kier alpha value is -0.830. The van der Waals surface area contributed by atoms with E-state index in [0.717, 1.165) is 11.5 Å². The van der Waals surface area contributed by atoms with Crippen LogP contribution in [0.4, 0.5) is 0 Å². The van der Waals surface area contributed by atoms with Crippen molar-refractivity contribution in [2.45, 2.75) is 27.5 Å². The van der Waals surface area contributed by atoms with Crippen LogP contribution in [0.3, 0.4) is 0 Å². The van der Waals surface area contributed by atoms with Crippen molar-refractivity contribution in [3.8, 4) is 0 Å². The van der Waals surface area contributed by atoms with Crippen LogP contribution in [0.2, 0.25) is 0 Å². The van der Waals surface area contributed by atoms with Gasteiger partial charge in [0.05, 0.1) is 7.05 Å². The van der Waals surface area contributed by atoms with E-state index in [2.05, 4.69) is 11.5 Å². The highest BCUT2D eigenvalue weighted by molar-refractivity contribution is 5.05. The Morgan fingerprint density at radius 2 is 1.91 bits per heavy atom. The zero-order valence-electron chi connectivity index (χ0n) is 7.55. The highest BCUT2D eigenvalue weighted by Gasteiger charge is 2.17. The highest BCUT2D eigenvalue weighted by atomic mass is 16.3. The molecule has 1 rings (SSSR count). The van der Waals surface area contributed by atoms with Crippen LogP contribution in [0.15, 0.2) is 0 Å². The summed E-state index contributed by atoms with van der Waals surface area (Å²) in [6.07, 6.45) is 0. The van der Waals surface area contributed by atoms with Gasteiger partial charge in [-0.05, 0) is 0 Å². The van der Waals surface area contributed by atoms with Gasteiger partial charge < -0.3 is 5.11 Å². The van der Waals surface area contributed by atoms with E-state index in [4.69, 9.17) is 5.11 Å². The van der Waals surface area contributed by atoms with Gasteiger partial charge in [0.1, 0.15) is 11.4 Å². The molecule has 0 atom stereocenters. The molecule has 1 heterocycles. The lowest BCUT2D eigenvalue weighted by Crippen LogP contribution is -2.33. The Morgan fingerprint density at radius 3 is 2.09 bits per heavy atom. The maximum atomic E-state index is 8.99. The first kappa shape index (κ1) is 8.27. The number of hydrogen-bond acceptors (Lipinski definition) is 1. The topological polar surface area (TPSA) is 29.0 Å². The molecule has 0 aliphatic rings. The zero-order valence-corrected chi connectivity index (χ0v) is 7.55. The van der Waals surface area contributed by atoms with Gasteiger partial charge in [-0.1, -0.05) is 0 Å². The molecular formula is C8H15N2O+. The first-order valence-corrected chi connectivity index (χ1v) is 3.72. The third-order valence-electron chi connectivity index (χ3n) is 2.45. The summed E-state index contributed by atoms with van der Waals surface area (Å²) >= 11 is 0. The molecule has 3 heteroatoms. The summed E-state index contributed by atoms with van der Waals surface area (Å²) in [5.74, 6) is 1.09. The van der Waals surface area contributed by atoms with Gasteiger partial charge >= 0.3 is 0 Å². The van der Waals surface area contributed by atoms with Crippen LogP contribution in [-0.2, 0) is 13.8 Å². The standard InChI is InChI=1S/C8H15N2O/c1-6-7(2)10(5-11)8(3)9(6)4/h11H,5H2,1-4H3/q+1. The molecule has 0 aliphatic heterocycles. The molecule has 0 fully saturated rings. The zero-order chi connectivity index (χ0) is 8.59. The number of aliphatic hydroxyl groups is 1. The molecular weight excluding hydrogens is 140 g/mol. The largest absolute Gasteiger partial charge is 0.358 e. The highest BCUT2D eigenvalue weighted by Crippen LogP contribution is 2.05. The van der Waals surface area contributed by atoms with Crippen LogP contribution < -0.4 is 4.57 Å². The van der Waals surface area contributed by atoms with Crippen LogP contribution in [0.25, 0.3) is 0 Å². The molecule has 0 spiro atoms. The fourth-order valence-corrected chi connectivity index (χ4v) is 1.31. The second-order valence-electron chi connectivity index (χ2n) is 2.85. The second kappa shape index (κ2) is 2.66. The number of nitrogens with zero attached hydrogens (tertiary/aromatic N) is 2. The Labute approximate surface area is 66.9 Å². The average molecular weight is 155 g/mol. The first-order chi connectivity index (χ1) is 5.09. The Balaban J connectivity index is 3.36. The van der Waals surface area contributed by atoms with Gasteiger partial charge in [-0.15, -0.1) is 0 Å². The van der Waals surface area contributed by atoms with E-state index in [0.29, 0.717) is 0 Å². The number of aromatic nitrogens is 2. The maximum Gasteiger partial charge on any atom is 0.255 e. The number of rotatable bonds is 1. The molecule has 0 aromatic carbocycles. The monoisotopic (exact) mass is 155 g/mol. The van der Waals surface area contributed by atoms with Gasteiger partial charge in [0.25, 0.3) is 5.82 Å². The fourth-order valence-electron chi connectivity index (χ4n) is 1.31. The van der Waals surface area contributed by atoms with Crippen LogP contribution in [-0.4, -0.2) is 9.67 Å². The lowest BCUT2D eigenvalue weighted by molar-refractivity contribution is -0.683. The van der Waals surface area contributed by atoms with Crippen molar-refractivity contribution in [2.75, 3.05) is 0 Å². The molecule has 0 aliphatic carbocycles. The molecule has 0 saturated carbocycles. The second-order valence-corrected chi connectivity index (χ2v) is 2.85. The molecule has 0 unspecified atom stereocenters. The molecule has 3 nitrogen and oxygen atoms in total. The van der Waals surface area contributed by atoms with Gasteiger partial charge in [0, 0.05) is 20.8 Å². The molecule has 0 saturated heterocycles. The van der Waals surface area contributed by atoms with E-state index in [1.807, 2.05) is 25.5 Å². The van der Waals surface area contributed by atoms with Gasteiger partial charge in [0.2, 0.25) is 0 Å². The van der Waals surface area contributed by atoms with Crippen LogP contribution in [0.1, 0.15) is 17.2 Å². The van der Waals surface area contributed by atoms with Crippen molar-refractivity contribution in [3.63, 3.8) is 0 Å². The summed E-state index contributed by atoms with van der Waals surface area (Å²) < 4.78 is 3.96. The van der Waals surface area contributed by atoms with Gasteiger partial charge in [0.15, 0.2) is 6.73 Å². The van der Waals surface area contributed by atoms with Crippen molar-refractivity contribution in [1.82, 2.24) is 4.57 Å². The molecule has 0 radical (unpaired) electrons. The summed E-state index contributed by atoms with van der Waals surface area (Å²) in [5, 5.41) is 8.99. The predicted molar refractivity (Wildman–Crippen MR) is 42.0 cm³/mol. The number of imidazole rings is 1. The van der Waals surface area contributed by atoms with E-state index in [-0.39, 0.29) is 6.73 Å². The van der Waals surface area contributed by atoms with Crippen molar-refractivity contribution in [2.24, 2.45) is 7.05 Å². The smallest absolute Gasteiger partial charge is 0.255 e. The molecule has 1 N–H and O–H groups in total. The van der Waals surface area contributed by atoms with Crippen LogP contribution >= 0.6 is 0 Å². The number of aliphatic hydroxyl groups excluding tert-OH is 1. The van der Waals surface area contributed by atoms with Crippen LogP contribution in [0, 0.1) is 20.8 Å². The summed E-state index contributed by atoms with van der Waals surface area (Å²) in [5.41, 5.74) is 2.34. The van der Waals surface area contributed by atoms with E-state index >= 15 is 0 Å².